The molecule has 0 atom stereocenters. The van der Waals surface area contributed by atoms with Gasteiger partial charge in [-0.25, -0.2) is 4.98 Å². The second-order valence-corrected chi connectivity index (χ2v) is 4.88. The van der Waals surface area contributed by atoms with E-state index >= 15 is 0 Å². The van der Waals surface area contributed by atoms with Crippen LogP contribution in [0.25, 0.3) is 0 Å². The SMILES string of the molecule is Brc1cnc(Br)c(OCc2ccccc2)c1. The zero-order valence-corrected chi connectivity index (χ0v) is 11.5. The Balaban J connectivity index is 2.08. The zero-order chi connectivity index (χ0) is 11.4. The van der Waals surface area contributed by atoms with Crippen molar-refractivity contribution in [2.45, 2.75) is 6.61 Å². The molecule has 0 unspecified atom stereocenters. The highest BCUT2D eigenvalue weighted by atomic mass is 79.9. The highest BCUT2D eigenvalue weighted by Crippen LogP contribution is 2.26. The summed E-state index contributed by atoms with van der Waals surface area (Å²) in [4.78, 5) is 4.14. The molecule has 0 aliphatic heterocycles. The molecule has 0 aliphatic carbocycles. The number of nitrogens with zero attached hydrogens (tertiary/aromatic N) is 1. The third kappa shape index (κ3) is 3.06. The Labute approximate surface area is 111 Å². The summed E-state index contributed by atoms with van der Waals surface area (Å²) in [5, 5.41) is 0. The lowest BCUT2D eigenvalue weighted by atomic mass is 10.2. The molecular formula is C12H9Br2NO. The average molecular weight is 343 g/mol. The summed E-state index contributed by atoms with van der Waals surface area (Å²) >= 11 is 6.71. The molecule has 0 saturated carbocycles. The van der Waals surface area contributed by atoms with Gasteiger partial charge < -0.3 is 4.74 Å². The molecule has 1 aromatic heterocycles. The molecule has 0 spiro atoms. The number of aromatic nitrogens is 1. The smallest absolute Gasteiger partial charge is 0.153 e. The molecule has 0 bridgehead atoms. The van der Waals surface area contributed by atoms with Gasteiger partial charge in [0.2, 0.25) is 0 Å². The molecule has 1 aromatic carbocycles. The van der Waals surface area contributed by atoms with Crippen LogP contribution in [0.2, 0.25) is 0 Å². The number of halogens is 2. The molecule has 2 nitrogen and oxygen atoms in total. The van der Waals surface area contributed by atoms with Gasteiger partial charge in [-0.2, -0.15) is 0 Å². The summed E-state index contributed by atoms with van der Waals surface area (Å²) in [6.07, 6.45) is 1.72. The molecule has 16 heavy (non-hydrogen) atoms. The lowest BCUT2D eigenvalue weighted by Gasteiger charge is -2.07. The Morgan fingerprint density at radius 3 is 2.62 bits per heavy atom. The highest BCUT2D eigenvalue weighted by Gasteiger charge is 2.03. The average Bonchev–Trinajstić information content (AvgIpc) is 2.32. The van der Waals surface area contributed by atoms with E-state index in [2.05, 4.69) is 36.8 Å². The summed E-state index contributed by atoms with van der Waals surface area (Å²) in [7, 11) is 0. The summed E-state index contributed by atoms with van der Waals surface area (Å²) in [5.74, 6) is 0.734. The topological polar surface area (TPSA) is 22.1 Å². The lowest BCUT2D eigenvalue weighted by molar-refractivity contribution is 0.302. The van der Waals surface area contributed by atoms with E-state index in [1.807, 2.05) is 36.4 Å². The first-order valence-electron chi connectivity index (χ1n) is 4.73. The predicted octanol–water partition coefficient (Wildman–Crippen LogP) is 4.19. The monoisotopic (exact) mass is 341 g/mol. The van der Waals surface area contributed by atoms with Crippen LogP contribution in [-0.2, 0) is 6.61 Å². The minimum Gasteiger partial charge on any atom is -0.486 e. The number of ether oxygens (including phenoxy) is 1. The normalized spacial score (nSPS) is 10.1. The van der Waals surface area contributed by atoms with Crippen molar-refractivity contribution < 1.29 is 4.74 Å². The first kappa shape index (κ1) is 11.6. The molecule has 0 radical (unpaired) electrons. The molecule has 0 fully saturated rings. The van der Waals surface area contributed by atoms with Crippen LogP contribution >= 0.6 is 31.9 Å². The van der Waals surface area contributed by atoms with Gasteiger partial charge >= 0.3 is 0 Å². The fourth-order valence-electron chi connectivity index (χ4n) is 1.24. The summed E-state index contributed by atoms with van der Waals surface area (Å²) in [6, 6.07) is 11.9. The van der Waals surface area contributed by atoms with Gasteiger partial charge in [0.05, 0.1) is 0 Å². The van der Waals surface area contributed by atoms with Gasteiger partial charge in [-0.3, -0.25) is 0 Å². The van der Waals surface area contributed by atoms with E-state index < -0.39 is 0 Å². The number of hydrogen-bond donors (Lipinski definition) is 0. The van der Waals surface area contributed by atoms with Crippen molar-refractivity contribution in [3.63, 3.8) is 0 Å². The van der Waals surface area contributed by atoms with Crippen LogP contribution in [0.3, 0.4) is 0 Å². The lowest BCUT2D eigenvalue weighted by Crippen LogP contribution is -1.96. The zero-order valence-electron chi connectivity index (χ0n) is 8.36. The second kappa shape index (κ2) is 5.46. The highest BCUT2D eigenvalue weighted by molar-refractivity contribution is 9.11. The third-order valence-electron chi connectivity index (χ3n) is 2.01. The Bertz CT molecular complexity index is 474. The molecule has 82 valence electrons. The van der Waals surface area contributed by atoms with Crippen molar-refractivity contribution in [1.82, 2.24) is 4.98 Å². The van der Waals surface area contributed by atoms with E-state index in [0.717, 1.165) is 15.8 Å². The van der Waals surface area contributed by atoms with Gasteiger partial charge in [-0.05, 0) is 43.5 Å². The van der Waals surface area contributed by atoms with E-state index in [0.29, 0.717) is 11.2 Å². The third-order valence-corrected chi connectivity index (χ3v) is 3.04. The van der Waals surface area contributed by atoms with E-state index in [-0.39, 0.29) is 0 Å². The number of rotatable bonds is 3. The van der Waals surface area contributed by atoms with Crippen LogP contribution in [-0.4, -0.2) is 4.98 Å². The Morgan fingerprint density at radius 2 is 1.88 bits per heavy atom. The number of hydrogen-bond acceptors (Lipinski definition) is 2. The van der Waals surface area contributed by atoms with Crippen LogP contribution in [0.1, 0.15) is 5.56 Å². The predicted molar refractivity (Wildman–Crippen MR) is 70.4 cm³/mol. The van der Waals surface area contributed by atoms with Crippen LogP contribution in [0, 0.1) is 0 Å². The number of pyridine rings is 1. The molecule has 0 aliphatic rings. The van der Waals surface area contributed by atoms with Crippen LogP contribution in [0.5, 0.6) is 5.75 Å². The van der Waals surface area contributed by atoms with E-state index in [1.165, 1.54) is 0 Å². The van der Waals surface area contributed by atoms with Gasteiger partial charge in [0.25, 0.3) is 0 Å². The fraction of sp³-hybridized carbons (Fsp3) is 0.0833. The largest absolute Gasteiger partial charge is 0.486 e. The van der Waals surface area contributed by atoms with E-state index in [9.17, 15) is 0 Å². The Kier molecular flexibility index (Phi) is 3.96. The quantitative estimate of drug-likeness (QED) is 0.780. The molecule has 4 heteroatoms. The van der Waals surface area contributed by atoms with Crippen molar-refractivity contribution in [3.8, 4) is 5.75 Å². The maximum absolute atomic E-state index is 5.66. The minimum atomic E-state index is 0.539. The minimum absolute atomic E-state index is 0.539. The first-order chi connectivity index (χ1) is 7.75. The van der Waals surface area contributed by atoms with E-state index in [4.69, 9.17) is 4.74 Å². The molecular weight excluding hydrogens is 334 g/mol. The molecule has 1 heterocycles. The molecule has 2 aromatic rings. The summed E-state index contributed by atoms with van der Waals surface area (Å²) in [5.41, 5.74) is 1.13. The standard InChI is InChI=1S/C12H9Br2NO/c13-10-6-11(12(14)15-7-10)16-8-9-4-2-1-3-5-9/h1-7H,8H2. The van der Waals surface area contributed by atoms with Gasteiger partial charge in [0.15, 0.2) is 5.75 Å². The van der Waals surface area contributed by atoms with Gasteiger partial charge in [0, 0.05) is 10.7 Å². The van der Waals surface area contributed by atoms with Gasteiger partial charge in [-0.15, -0.1) is 0 Å². The number of benzene rings is 1. The Hall–Kier alpha value is -0.870. The first-order valence-corrected chi connectivity index (χ1v) is 6.32. The van der Waals surface area contributed by atoms with Crippen molar-refractivity contribution in [2.24, 2.45) is 0 Å². The van der Waals surface area contributed by atoms with Crippen LogP contribution in [0.15, 0.2) is 51.7 Å². The summed E-state index contributed by atoms with van der Waals surface area (Å²) in [6.45, 7) is 0.539. The van der Waals surface area contributed by atoms with Gasteiger partial charge in [0.1, 0.15) is 11.2 Å². The maximum atomic E-state index is 5.66. The Morgan fingerprint density at radius 1 is 1.12 bits per heavy atom. The maximum Gasteiger partial charge on any atom is 0.153 e. The van der Waals surface area contributed by atoms with Gasteiger partial charge in [-0.1, -0.05) is 30.3 Å². The van der Waals surface area contributed by atoms with Crippen molar-refractivity contribution >= 4 is 31.9 Å². The van der Waals surface area contributed by atoms with Crippen molar-refractivity contribution in [3.05, 3.63) is 57.2 Å². The van der Waals surface area contributed by atoms with Crippen molar-refractivity contribution in [2.75, 3.05) is 0 Å². The molecule has 2 rings (SSSR count). The molecule has 0 amide bonds. The van der Waals surface area contributed by atoms with Crippen molar-refractivity contribution in [1.29, 1.82) is 0 Å². The fourth-order valence-corrected chi connectivity index (χ4v) is 1.88. The van der Waals surface area contributed by atoms with E-state index in [1.54, 1.807) is 6.20 Å². The van der Waals surface area contributed by atoms with Crippen LogP contribution in [0.4, 0.5) is 0 Å². The molecule has 0 saturated heterocycles. The summed E-state index contributed by atoms with van der Waals surface area (Å²) < 4.78 is 7.28. The molecule has 0 N–H and O–H groups in total. The second-order valence-electron chi connectivity index (χ2n) is 3.22. The van der Waals surface area contributed by atoms with Crippen LogP contribution < -0.4 is 4.74 Å².